The van der Waals surface area contributed by atoms with Crippen molar-refractivity contribution < 1.29 is 14.7 Å². The zero-order valence-electron chi connectivity index (χ0n) is 9.86. The van der Waals surface area contributed by atoms with E-state index in [0.29, 0.717) is 22.9 Å². The summed E-state index contributed by atoms with van der Waals surface area (Å²) >= 11 is 6.01. The van der Waals surface area contributed by atoms with Gasteiger partial charge in [-0.15, -0.1) is 0 Å². The van der Waals surface area contributed by atoms with Gasteiger partial charge in [0.2, 0.25) is 5.91 Å². The number of hydrogen-bond donors (Lipinski definition) is 2. The Morgan fingerprint density at radius 3 is 2.94 bits per heavy atom. The van der Waals surface area contributed by atoms with E-state index < -0.39 is 5.97 Å². The van der Waals surface area contributed by atoms with Gasteiger partial charge in [0.25, 0.3) is 0 Å². The monoisotopic (exact) mass is 268 g/mol. The summed E-state index contributed by atoms with van der Waals surface area (Å²) in [5.74, 6) is -1.06. The number of hydrogen-bond acceptors (Lipinski definition) is 3. The Morgan fingerprint density at radius 1 is 1.56 bits per heavy atom. The maximum atomic E-state index is 11.6. The summed E-state index contributed by atoms with van der Waals surface area (Å²) in [5, 5.41) is 12.2. The molecule has 0 atom stereocenters. The summed E-state index contributed by atoms with van der Waals surface area (Å²) in [7, 11) is 0. The fourth-order valence-electron chi connectivity index (χ4n) is 1.98. The number of halogens is 1. The van der Waals surface area contributed by atoms with Crippen LogP contribution in [0.2, 0.25) is 5.02 Å². The van der Waals surface area contributed by atoms with Crippen LogP contribution in [0.4, 0.5) is 11.4 Å². The molecule has 18 heavy (non-hydrogen) atoms. The first kappa shape index (κ1) is 12.7. The van der Waals surface area contributed by atoms with Gasteiger partial charge in [-0.05, 0) is 24.6 Å². The number of fused-ring (bicyclic) bond motifs is 1. The van der Waals surface area contributed by atoms with Crippen molar-refractivity contribution in [3.63, 3.8) is 0 Å². The van der Waals surface area contributed by atoms with E-state index in [1.165, 1.54) is 0 Å². The molecule has 1 aromatic rings. The van der Waals surface area contributed by atoms with Crippen molar-refractivity contribution in [2.75, 3.05) is 23.3 Å². The van der Waals surface area contributed by atoms with Gasteiger partial charge in [-0.1, -0.05) is 11.6 Å². The smallest absolute Gasteiger partial charge is 0.323 e. The van der Waals surface area contributed by atoms with Crippen LogP contribution in [0.15, 0.2) is 12.1 Å². The van der Waals surface area contributed by atoms with E-state index in [1.54, 1.807) is 24.0 Å². The Kier molecular flexibility index (Phi) is 3.43. The first-order chi connectivity index (χ1) is 8.49. The number of benzene rings is 1. The highest BCUT2D eigenvalue weighted by molar-refractivity contribution is 6.32. The second-order valence-corrected chi connectivity index (χ2v) is 4.59. The Bertz CT molecular complexity index is 516. The third-order valence-electron chi connectivity index (χ3n) is 2.92. The average Bonchev–Trinajstić information content (AvgIpc) is 2.44. The lowest BCUT2D eigenvalue weighted by Gasteiger charge is -2.23. The molecule has 0 spiro atoms. The third kappa shape index (κ3) is 2.41. The number of aliphatic carboxylic acids is 1. The minimum absolute atomic E-state index is 0.130. The van der Waals surface area contributed by atoms with E-state index in [0.717, 1.165) is 5.56 Å². The predicted octanol–water partition coefficient (Wildman–Crippen LogP) is 1.88. The van der Waals surface area contributed by atoms with Crippen LogP contribution in [-0.2, 0) is 9.59 Å². The van der Waals surface area contributed by atoms with Crippen LogP contribution in [0.1, 0.15) is 12.0 Å². The number of carbonyl (C=O) groups excluding carboxylic acids is 1. The molecule has 0 fully saturated rings. The van der Waals surface area contributed by atoms with E-state index in [9.17, 15) is 9.59 Å². The second kappa shape index (κ2) is 4.86. The van der Waals surface area contributed by atoms with Crippen molar-refractivity contribution in [1.82, 2.24) is 0 Å². The van der Waals surface area contributed by atoms with Crippen molar-refractivity contribution in [3.05, 3.63) is 22.7 Å². The van der Waals surface area contributed by atoms with Gasteiger partial charge in [0.1, 0.15) is 6.54 Å². The quantitative estimate of drug-likeness (QED) is 0.859. The lowest BCUT2D eigenvalue weighted by atomic mass is 10.1. The molecular weight excluding hydrogens is 256 g/mol. The summed E-state index contributed by atoms with van der Waals surface area (Å²) in [6.07, 6.45) is 0.263. The molecule has 0 saturated carbocycles. The van der Waals surface area contributed by atoms with E-state index in [4.69, 9.17) is 16.7 Å². The summed E-state index contributed by atoms with van der Waals surface area (Å²) < 4.78 is 0. The molecule has 6 heteroatoms. The molecule has 2 N–H and O–H groups in total. The Labute approximate surface area is 109 Å². The van der Waals surface area contributed by atoms with Crippen molar-refractivity contribution in [3.8, 4) is 0 Å². The number of nitrogens with zero attached hydrogens (tertiary/aromatic N) is 1. The van der Waals surface area contributed by atoms with E-state index in [-0.39, 0.29) is 18.9 Å². The number of anilines is 2. The van der Waals surface area contributed by atoms with Crippen LogP contribution >= 0.6 is 11.6 Å². The lowest BCUT2D eigenvalue weighted by molar-refractivity contribution is -0.135. The molecule has 2 rings (SSSR count). The number of carbonyl (C=O) groups is 2. The Balaban J connectivity index is 2.48. The minimum atomic E-state index is -0.928. The van der Waals surface area contributed by atoms with Crippen molar-refractivity contribution in [1.29, 1.82) is 0 Å². The molecule has 0 aliphatic carbocycles. The van der Waals surface area contributed by atoms with Crippen molar-refractivity contribution >= 4 is 34.9 Å². The first-order valence-corrected chi connectivity index (χ1v) is 5.92. The van der Waals surface area contributed by atoms with E-state index in [1.807, 2.05) is 0 Å². The zero-order valence-corrected chi connectivity index (χ0v) is 10.6. The van der Waals surface area contributed by atoms with Crippen LogP contribution in [0.3, 0.4) is 0 Å². The molecule has 1 aromatic carbocycles. The highest BCUT2D eigenvalue weighted by Crippen LogP contribution is 2.35. The molecule has 0 unspecified atom stereocenters. The largest absolute Gasteiger partial charge is 0.480 e. The highest BCUT2D eigenvalue weighted by Gasteiger charge is 2.22. The third-order valence-corrected chi connectivity index (χ3v) is 3.33. The topological polar surface area (TPSA) is 69.6 Å². The molecule has 96 valence electrons. The summed E-state index contributed by atoms with van der Waals surface area (Å²) in [6.45, 7) is 2.04. The Morgan fingerprint density at radius 2 is 2.28 bits per heavy atom. The molecular formula is C12H13ClN2O3. The lowest BCUT2D eigenvalue weighted by Crippen LogP contribution is -2.30. The molecule has 1 aliphatic rings. The standard InChI is InChI=1S/C12H13ClN2O3/c1-7-8(13)2-3-9-12(7)14-10(16)4-5-15(9)6-11(17)18/h2-3H,4-6H2,1H3,(H,14,16)(H,17,18). The number of rotatable bonds is 2. The fourth-order valence-corrected chi connectivity index (χ4v) is 2.14. The molecule has 0 bridgehead atoms. The zero-order chi connectivity index (χ0) is 13.3. The van der Waals surface area contributed by atoms with Gasteiger partial charge in [-0.2, -0.15) is 0 Å². The molecule has 1 aliphatic heterocycles. The van der Waals surface area contributed by atoms with Gasteiger partial charge in [0.15, 0.2) is 0 Å². The number of amides is 1. The summed E-state index contributed by atoms with van der Waals surface area (Å²) in [5.41, 5.74) is 2.05. The van der Waals surface area contributed by atoms with Crippen LogP contribution in [0.5, 0.6) is 0 Å². The van der Waals surface area contributed by atoms with Crippen LogP contribution in [0, 0.1) is 6.92 Å². The van der Waals surface area contributed by atoms with Gasteiger partial charge in [0.05, 0.1) is 11.4 Å². The van der Waals surface area contributed by atoms with Crippen LogP contribution in [-0.4, -0.2) is 30.1 Å². The molecule has 5 nitrogen and oxygen atoms in total. The van der Waals surface area contributed by atoms with Gasteiger partial charge in [-0.3, -0.25) is 9.59 Å². The first-order valence-electron chi connectivity index (χ1n) is 5.54. The maximum absolute atomic E-state index is 11.6. The molecule has 1 heterocycles. The second-order valence-electron chi connectivity index (χ2n) is 4.18. The van der Waals surface area contributed by atoms with Crippen LogP contribution < -0.4 is 10.2 Å². The summed E-state index contributed by atoms with van der Waals surface area (Å²) in [6, 6.07) is 3.45. The number of carboxylic acid groups (broad SMARTS) is 1. The predicted molar refractivity (Wildman–Crippen MR) is 69.3 cm³/mol. The normalized spacial score (nSPS) is 14.8. The fraction of sp³-hybridized carbons (Fsp3) is 0.333. The number of carboxylic acids is 1. The van der Waals surface area contributed by atoms with Crippen LogP contribution in [0.25, 0.3) is 0 Å². The molecule has 0 radical (unpaired) electrons. The highest BCUT2D eigenvalue weighted by atomic mass is 35.5. The average molecular weight is 269 g/mol. The number of nitrogens with one attached hydrogen (secondary N) is 1. The van der Waals surface area contributed by atoms with Gasteiger partial charge in [-0.25, -0.2) is 0 Å². The SMILES string of the molecule is Cc1c(Cl)ccc2c1NC(=O)CCN2CC(=O)O. The maximum Gasteiger partial charge on any atom is 0.323 e. The Hall–Kier alpha value is -1.75. The van der Waals surface area contributed by atoms with Gasteiger partial charge in [0, 0.05) is 18.0 Å². The minimum Gasteiger partial charge on any atom is -0.480 e. The van der Waals surface area contributed by atoms with Gasteiger partial charge >= 0.3 is 5.97 Å². The molecule has 0 saturated heterocycles. The van der Waals surface area contributed by atoms with Gasteiger partial charge < -0.3 is 15.3 Å². The van der Waals surface area contributed by atoms with E-state index in [2.05, 4.69) is 5.32 Å². The summed E-state index contributed by atoms with van der Waals surface area (Å²) in [4.78, 5) is 24.1. The van der Waals surface area contributed by atoms with E-state index >= 15 is 0 Å². The molecule has 0 aromatic heterocycles. The van der Waals surface area contributed by atoms with Crippen molar-refractivity contribution in [2.24, 2.45) is 0 Å². The van der Waals surface area contributed by atoms with Crippen molar-refractivity contribution in [2.45, 2.75) is 13.3 Å². The molecule has 1 amide bonds.